The molecule has 0 unspecified atom stereocenters. The summed E-state index contributed by atoms with van der Waals surface area (Å²) in [6, 6.07) is 11.2. The molecule has 0 amide bonds. The van der Waals surface area contributed by atoms with Gasteiger partial charge in [-0.2, -0.15) is 0 Å². The maximum atomic E-state index is 11.6. The number of benzene rings is 1. The molecule has 4 heteroatoms. The molecule has 2 aromatic rings. The van der Waals surface area contributed by atoms with Crippen LogP contribution in [0, 0.1) is 0 Å². The zero-order valence-corrected chi connectivity index (χ0v) is 8.88. The number of anilines is 1. The van der Waals surface area contributed by atoms with E-state index in [1.54, 1.807) is 16.8 Å². The number of esters is 1. The van der Waals surface area contributed by atoms with Gasteiger partial charge in [-0.3, -0.25) is 0 Å². The van der Waals surface area contributed by atoms with Gasteiger partial charge in [0.25, 0.3) is 0 Å². The highest BCUT2D eigenvalue weighted by atomic mass is 16.5. The second-order valence-corrected chi connectivity index (χ2v) is 3.32. The van der Waals surface area contributed by atoms with E-state index >= 15 is 0 Å². The Hall–Kier alpha value is -2.23. The molecule has 1 heterocycles. The SMILES string of the molecule is COC(=O)c1c(N)ccn1-c1ccccc1. The highest BCUT2D eigenvalue weighted by molar-refractivity contribution is 5.94. The molecule has 0 bridgehead atoms. The molecule has 0 saturated heterocycles. The smallest absolute Gasteiger partial charge is 0.357 e. The summed E-state index contributed by atoms with van der Waals surface area (Å²) in [6.45, 7) is 0. The molecule has 16 heavy (non-hydrogen) atoms. The number of aromatic nitrogens is 1. The maximum absolute atomic E-state index is 11.6. The quantitative estimate of drug-likeness (QED) is 0.779. The zero-order chi connectivity index (χ0) is 11.5. The number of carbonyl (C=O) groups excluding carboxylic acids is 1. The van der Waals surface area contributed by atoms with Gasteiger partial charge in [0.05, 0.1) is 12.8 Å². The summed E-state index contributed by atoms with van der Waals surface area (Å²) in [6.07, 6.45) is 1.75. The molecule has 1 aromatic heterocycles. The number of nitrogens with zero attached hydrogens (tertiary/aromatic N) is 1. The summed E-state index contributed by atoms with van der Waals surface area (Å²) in [7, 11) is 1.34. The first-order chi connectivity index (χ1) is 7.74. The summed E-state index contributed by atoms with van der Waals surface area (Å²) in [5.74, 6) is -0.439. The molecule has 0 fully saturated rings. The standard InChI is InChI=1S/C12H12N2O2/c1-16-12(15)11-10(13)7-8-14(11)9-5-3-2-4-6-9/h2-8H,13H2,1H3. The van der Waals surface area contributed by atoms with Crippen LogP contribution in [-0.4, -0.2) is 17.6 Å². The van der Waals surface area contributed by atoms with Gasteiger partial charge < -0.3 is 15.0 Å². The van der Waals surface area contributed by atoms with E-state index < -0.39 is 5.97 Å². The third-order valence-electron chi connectivity index (χ3n) is 2.33. The van der Waals surface area contributed by atoms with E-state index in [1.807, 2.05) is 30.3 Å². The Bertz CT molecular complexity index is 503. The highest BCUT2D eigenvalue weighted by Gasteiger charge is 2.16. The Labute approximate surface area is 93.3 Å². The number of methoxy groups -OCH3 is 1. The molecule has 0 aliphatic heterocycles. The van der Waals surface area contributed by atoms with Crippen molar-refractivity contribution >= 4 is 11.7 Å². The molecule has 4 nitrogen and oxygen atoms in total. The van der Waals surface area contributed by atoms with Crippen LogP contribution in [0.5, 0.6) is 0 Å². The van der Waals surface area contributed by atoms with E-state index in [0.717, 1.165) is 5.69 Å². The van der Waals surface area contributed by atoms with Gasteiger partial charge in [0.1, 0.15) is 0 Å². The number of rotatable bonds is 2. The van der Waals surface area contributed by atoms with Gasteiger partial charge in [-0.1, -0.05) is 18.2 Å². The molecule has 0 saturated carbocycles. The van der Waals surface area contributed by atoms with E-state index in [-0.39, 0.29) is 0 Å². The fourth-order valence-electron chi connectivity index (χ4n) is 1.56. The van der Waals surface area contributed by atoms with Crippen molar-refractivity contribution in [2.24, 2.45) is 0 Å². The Morgan fingerprint density at radius 3 is 2.56 bits per heavy atom. The normalized spacial score (nSPS) is 10.1. The van der Waals surface area contributed by atoms with Gasteiger partial charge in [-0.25, -0.2) is 4.79 Å². The largest absolute Gasteiger partial charge is 0.464 e. The molecular formula is C12H12N2O2. The minimum atomic E-state index is -0.439. The summed E-state index contributed by atoms with van der Waals surface area (Å²) in [4.78, 5) is 11.6. The van der Waals surface area contributed by atoms with Crippen LogP contribution in [0.1, 0.15) is 10.5 Å². The molecular weight excluding hydrogens is 204 g/mol. The van der Waals surface area contributed by atoms with E-state index in [0.29, 0.717) is 11.4 Å². The summed E-state index contributed by atoms with van der Waals surface area (Å²) < 4.78 is 6.41. The Morgan fingerprint density at radius 2 is 1.94 bits per heavy atom. The van der Waals surface area contributed by atoms with Crippen LogP contribution in [0.15, 0.2) is 42.6 Å². The second-order valence-electron chi connectivity index (χ2n) is 3.32. The molecule has 2 rings (SSSR count). The topological polar surface area (TPSA) is 57.2 Å². The number of nitrogen functional groups attached to an aromatic ring is 1. The van der Waals surface area contributed by atoms with Gasteiger partial charge in [-0.05, 0) is 18.2 Å². The third kappa shape index (κ3) is 1.65. The van der Waals surface area contributed by atoms with Crippen LogP contribution in [0.3, 0.4) is 0 Å². The van der Waals surface area contributed by atoms with E-state index in [9.17, 15) is 4.79 Å². The minimum Gasteiger partial charge on any atom is -0.464 e. The van der Waals surface area contributed by atoms with Crippen molar-refractivity contribution in [3.8, 4) is 5.69 Å². The van der Waals surface area contributed by atoms with E-state index in [1.165, 1.54) is 7.11 Å². The summed E-state index contributed by atoms with van der Waals surface area (Å²) >= 11 is 0. The monoisotopic (exact) mass is 216 g/mol. The Balaban J connectivity index is 2.55. The first-order valence-electron chi connectivity index (χ1n) is 4.84. The molecule has 2 N–H and O–H groups in total. The first kappa shape index (κ1) is 10.3. The fraction of sp³-hybridized carbons (Fsp3) is 0.0833. The molecule has 1 aromatic carbocycles. The van der Waals surface area contributed by atoms with Crippen molar-refractivity contribution in [2.45, 2.75) is 0 Å². The summed E-state index contributed by atoms with van der Waals surface area (Å²) in [5.41, 5.74) is 7.38. The lowest BCUT2D eigenvalue weighted by molar-refractivity contribution is 0.0593. The fourth-order valence-corrected chi connectivity index (χ4v) is 1.56. The predicted molar refractivity (Wildman–Crippen MR) is 61.5 cm³/mol. The number of carbonyl (C=O) groups is 1. The number of nitrogens with two attached hydrogens (primary N) is 1. The molecule has 0 aliphatic rings. The van der Waals surface area contributed by atoms with Gasteiger partial charge in [0, 0.05) is 11.9 Å². The van der Waals surface area contributed by atoms with Gasteiger partial charge in [0.2, 0.25) is 0 Å². The average molecular weight is 216 g/mol. The van der Waals surface area contributed by atoms with Crippen molar-refractivity contribution in [1.29, 1.82) is 0 Å². The van der Waals surface area contributed by atoms with Gasteiger partial charge in [-0.15, -0.1) is 0 Å². The number of hydrogen-bond acceptors (Lipinski definition) is 3. The minimum absolute atomic E-state index is 0.355. The van der Waals surface area contributed by atoms with Crippen molar-refractivity contribution < 1.29 is 9.53 Å². The molecule has 0 spiro atoms. The van der Waals surface area contributed by atoms with Crippen LogP contribution < -0.4 is 5.73 Å². The van der Waals surface area contributed by atoms with Crippen LogP contribution in [0.2, 0.25) is 0 Å². The van der Waals surface area contributed by atoms with Crippen molar-refractivity contribution in [1.82, 2.24) is 4.57 Å². The zero-order valence-electron chi connectivity index (χ0n) is 8.88. The van der Waals surface area contributed by atoms with Crippen molar-refractivity contribution in [3.05, 3.63) is 48.3 Å². The highest BCUT2D eigenvalue weighted by Crippen LogP contribution is 2.19. The molecule has 0 atom stereocenters. The van der Waals surface area contributed by atoms with Crippen LogP contribution in [0.4, 0.5) is 5.69 Å². The average Bonchev–Trinajstić information content (AvgIpc) is 2.71. The maximum Gasteiger partial charge on any atom is 0.357 e. The summed E-state index contributed by atoms with van der Waals surface area (Å²) in [5, 5.41) is 0. The van der Waals surface area contributed by atoms with Crippen LogP contribution >= 0.6 is 0 Å². The molecule has 0 radical (unpaired) electrons. The van der Waals surface area contributed by atoms with Crippen molar-refractivity contribution in [3.63, 3.8) is 0 Å². The van der Waals surface area contributed by atoms with Crippen molar-refractivity contribution in [2.75, 3.05) is 12.8 Å². The number of hydrogen-bond donors (Lipinski definition) is 1. The lowest BCUT2D eigenvalue weighted by Gasteiger charge is -2.07. The molecule has 0 aliphatic carbocycles. The lowest BCUT2D eigenvalue weighted by atomic mass is 10.3. The molecule has 82 valence electrons. The van der Waals surface area contributed by atoms with Crippen LogP contribution in [0.25, 0.3) is 5.69 Å². The lowest BCUT2D eigenvalue weighted by Crippen LogP contribution is -2.10. The Kier molecular flexibility index (Phi) is 2.64. The number of para-hydroxylation sites is 1. The predicted octanol–water partition coefficient (Wildman–Crippen LogP) is 1.85. The Morgan fingerprint density at radius 1 is 1.25 bits per heavy atom. The van der Waals surface area contributed by atoms with Gasteiger partial charge in [0.15, 0.2) is 5.69 Å². The third-order valence-corrected chi connectivity index (χ3v) is 2.33. The van der Waals surface area contributed by atoms with Gasteiger partial charge >= 0.3 is 5.97 Å². The second kappa shape index (κ2) is 4.10. The number of ether oxygens (including phenoxy) is 1. The first-order valence-corrected chi connectivity index (χ1v) is 4.84. The van der Waals surface area contributed by atoms with Crippen LogP contribution in [-0.2, 0) is 4.74 Å². The van der Waals surface area contributed by atoms with E-state index in [4.69, 9.17) is 10.5 Å². The van der Waals surface area contributed by atoms with E-state index in [2.05, 4.69) is 0 Å².